The molecule has 0 spiro atoms. The monoisotopic (exact) mass is 256 g/mol. The molecular formula is C15H19F3. The molecule has 0 amide bonds. The lowest BCUT2D eigenvalue weighted by Gasteiger charge is -2.32. The minimum atomic E-state index is -0.928. The first kappa shape index (κ1) is 13.4. The van der Waals surface area contributed by atoms with Crippen molar-refractivity contribution in [2.45, 2.75) is 51.1 Å². The molecule has 1 aliphatic rings. The molecule has 0 heterocycles. The fourth-order valence-electron chi connectivity index (χ4n) is 2.98. The van der Waals surface area contributed by atoms with Gasteiger partial charge in [0.25, 0.3) is 0 Å². The fraction of sp³-hybridized carbons (Fsp3) is 0.600. The lowest BCUT2D eigenvalue weighted by Crippen LogP contribution is -2.24. The first-order chi connectivity index (χ1) is 8.61. The Hall–Kier alpha value is -0.990. The summed E-state index contributed by atoms with van der Waals surface area (Å²) in [6.07, 6.45) is 3.45. The minimum absolute atomic E-state index is 0.273. The third-order valence-electron chi connectivity index (χ3n) is 3.94. The van der Waals surface area contributed by atoms with Crippen LogP contribution in [0.3, 0.4) is 0 Å². The average molecular weight is 256 g/mol. The lowest BCUT2D eigenvalue weighted by atomic mass is 9.75. The van der Waals surface area contributed by atoms with Gasteiger partial charge in [-0.05, 0) is 42.9 Å². The second-order valence-corrected chi connectivity index (χ2v) is 5.26. The summed E-state index contributed by atoms with van der Waals surface area (Å²) in [5.41, 5.74) is 0.599. The Labute approximate surface area is 106 Å². The van der Waals surface area contributed by atoms with Crippen molar-refractivity contribution >= 4 is 0 Å². The Morgan fingerprint density at radius 3 is 2.61 bits per heavy atom. The predicted molar refractivity (Wildman–Crippen MR) is 66.2 cm³/mol. The van der Waals surface area contributed by atoms with Crippen molar-refractivity contribution < 1.29 is 13.2 Å². The predicted octanol–water partition coefficient (Wildman–Crippen LogP) is 4.99. The number of rotatable bonds is 3. The van der Waals surface area contributed by atoms with Gasteiger partial charge in [-0.2, -0.15) is 0 Å². The Morgan fingerprint density at radius 2 is 1.94 bits per heavy atom. The molecule has 0 N–H and O–H groups in total. The summed E-state index contributed by atoms with van der Waals surface area (Å²) >= 11 is 0. The van der Waals surface area contributed by atoms with Crippen LogP contribution in [0, 0.1) is 17.6 Å². The summed E-state index contributed by atoms with van der Waals surface area (Å²) < 4.78 is 40.1. The van der Waals surface area contributed by atoms with Crippen LogP contribution in [0.25, 0.3) is 0 Å². The minimum Gasteiger partial charge on any atom is -0.247 e. The molecule has 18 heavy (non-hydrogen) atoms. The normalized spacial score (nSPS) is 28.3. The van der Waals surface area contributed by atoms with Crippen LogP contribution in [0.1, 0.15) is 50.5 Å². The zero-order valence-corrected chi connectivity index (χ0v) is 10.6. The van der Waals surface area contributed by atoms with Crippen LogP contribution in [0.15, 0.2) is 18.2 Å². The molecule has 3 heteroatoms. The van der Waals surface area contributed by atoms with E-state index in [4.69, 9.17) is 0 Å². The third kappa shape index (κ3) is 2.88. The van der Waals surface area contributed by atoms with E-state index < -0.39 is 17.8 Å². The zero-order chi connectivity index (χ0) is 13.1. The highest BCUT2D eigenvalue weighted by Crippen LogP contribution is 2.40. The largest absolute Gasteiger partial charge is 0.247 e. The van der Waals surface area contributed by atoms with Gasteiger partial charge in [0, 0.05) is 5.92 Å². The van der Waals surface area contributed by atoms with Crippen LogP contribution in [0.4, 0.5) is 13.2 Å². The first-order valence-corrected chi connectivity index (χ1v) is 6.70. The highest BCUT2D eigenvalue weighted by atomic mass is 19.2. The van der Waals surface area contributed by atoms with E-state index in [0.717, 1.165) is 37.8 Å². The second-order valence-electron chi connectivity index (χ2n) is 5.26. The van der Waals surface area contributed by atoms with Crippen LogP contribution < -0.4 is 0 Å². The maximum Gasteiger partial charge on any atom is 0.159 e. The van der Waals surface area contributed by atoms with Gasteiger partial charge in [-0.3, -0.25) is 0 Å². The van der Waals surface area contributed by atoms with Gasteiger partial charge in [0.15, 0.2) is 11.6 Å². The van der Waals surface area contributed by atoms with Gasteiger partial charge in [-0.25, -0.2) is 13.2 Å². The molecule has 0 bridgehead atoms. The van der Waals surface area contributed by atoms with E-state index in [1.807, 2.05) is 0 Å². The molecule has 3 unspecified atom stereocenters. The number of hydrogen-bond donors (Lipinski definition) is 0. The quantitative estimate of drug-likeness (QED) is 0.715. The van der Waals surface area contributed by atoms with Crippen LogP contribution in [0.2, 0.25) is 0 Å². The van der Waals surface area contributed by atoms with E-state index in [1.165, 1.54) is 6.07 Å². The molecule has 1 fully saturated rings. The van der Waals surface area contributed by atoms with Crippen LogP contribution in [-0.4, -0.2) is 6.17 Å². The van der Waals surface area contributed by atoms with Gasteiger partial charge in [-0.15, -0.1) is 0 Å². The van der Waals surface area contributed by atoms with Crippen LogP contribution in [-0.2, 0) is 0 Å². The third-order valence-corrected chi connectivity index (χ3v) is 3.94. The molecule has 1 aliphatic carbocycles. The van der Waals surface area contributed by atoms with Gasteiger partial charge >= 0.3 is 0 Å². The molecule has 0 radical (unpaired) electrons. The molecule has 100 valence electrons. The first-order valence-electron chi connectivity index (χ1n) is 6.70. The number of alkyl halides is 1. The zero-order valence-electron chi connectivity index (χ0n) is 10.6. The number of hydrogen-bond acceptors (Lipinski definition) is 0. The molecule has 1 aromatic carbocycles. The second kappa shape index (κ2) is 5.77. The molecule has 0 nitrogen and oxygen atoms in total. The summed E-state index contributed by atoms with van der Waals surface area (Å²) in [5, 5.41) is 0. The Kier molecular flexibility index (Phi) is 4.31. The number of benzene rings is 1. The summed E-state index contributed by atoms with van der Waals surface area (Å²) in [6, 6.07) is 3.77. The SMILES string of the molecule is CCCC1CCC(F)C(c2ccc(F)c(F)c2)C1. The highest BCUT2D eigenvalue weighted by Gasteiger charge is 2.31. The number of halogens is 3. The molecule has 1 saturated carbocycles. The maximum atomic E-state index is 14.0. The van der Waals surface area contributed by atoms with Gasteiger partial charge in [0.05, 0.1) is 0 Å². The molecule has 3 atom stereocenters. The van der Waals surface area contributed by atoms with Crippen molar-refractivity contribution in [1.82, 2.24) is 0 Å². The molecule has 0 aliphatic heterocycles. The highest BCUT2D eigenvalue weighted by molar-refractivity contribution is 5.23. The lowest BCUT2D eigenvalue weighted by molar-refractivity contribution is 0.169. The van der Waals surface area contributed by atoms with Crippen molar-refractivity contribution in [2.75, 3.05) is 0 Å². The summed E-state index contributed by atoms with van der Waals surface area (Å²) in [4.78, 5) is 0. The van der Waals surface area contributed by atoms with E-state index in [2.05, 4.69) is 6.92 Å². The van der Waals surface area contributed by atoms with Crippen molar-refractivity contribution in [3.05, 3.63) is 35.4 Å². The molecule has 1 aromatic rings. The summed E-state index contributed by atoms with van der Waals surface area (Å²) in [6.45, 7) is 2.12. The standard InChI is InChI=1S/C15H19F3/c1-2-3-10-4-6-13(16)12(8-10)11-5-7-14(17)15(18)9-11/h5,7,9-10,12-13H,2-4,6,8H2,1H3. The van der Waals surface area contributed by atoms with Gasteiger partial charge in [0.2, 0.25) is 0 Å². The van der Waals surface area contributed by atoms with Crippen LogP contribution >= 0.6 is 0 Å². The molecular weight excluding hydrogens is 237 g/mol. The van der Waals surface area contributed by atoms with Crippen LogP contribution in [0.5, 0.6) is 0 Å². The van der Waals surface area contributed by atoms with Gasteiger partial charge in [0.1, 0.15) is 6.17 Å². The van der Waals surface area contributed by atoms with Crippen molar-refractivity contribution in [1.29, 1.82) is 0 Å². The van der Waals surface area contributed by atoms with Crippen molar-refractivity contribution in [3.63, 3.8) is 0 Å². The van der Waals surface area contributed by atoms with E-state index in [-0.39, 0.29) is 5.92 Å². The fourth-order valence-corrected chi connectivity index (χ4v) is 2.98. The van der Waals surface area contributed by atoms with Gasteiger partial charge in [-0.1, -0.05) is 25.8 Å². The average Bonchev–Trinajstić information content (AvgIpc) is 2.35. The van der Waals surface area contributed by atoms with Crippen molar-refractivity contribution in [2.24, 2.45) is 5.92 Å². The van der Waals surface area contributed by atoms with E-state index in [1.54, 1.807) is 0 Å². The van der Waals surface area contributed by atoms with E-state index in [9.17, 15) is 13.2 Å². The summed E-state index contributed by atoms with van der Waals surface area (Å²) in [5.74, 6) is -1.50. The Bertz CT molecular complexity index is 403. The van der Waals surface area contributed by atoms with Gasteiger partial charge < -0.3 is 0 Å². The Morgan fingerprint density at radius 1 is 1.17 bits per heavy atom. The van der Waals surface area contributed by atoms with E-state index >= 15 is 0 Å². The maximum absolute atomic E-state index is 14.0. The van der Waals surface area contributed by atoms with Crippen molar-refractivity contribution in [3.8, 4) is 0 Å². The Balaban J connectivity index is 2.16. The summed E-state index contributed by atoms with van der Waals surface area (Å²) in [7, 11) is 0. The topological polar surface area (TPSA) is 0 Å². The molecule has 2 rings (SSSR count). The van der Waals surface area contributed by atoms with E-state index in [0.29, 0.717) is 17.9 Å². The molecule has 0 saturated heterocycles. The molecule has 0 aromatic heterocycles. The smallest absolute Gasteiger partial charge is 0.159 e.